The highest BCUT2D eigenvalue weighted by Crippen LogP contribution is 2.50. The quantitative estimate of drug-likeness (QED) is 0.151. The lowest BCUT2D eigenvalue weighted by Gasteiger charge is -2.30. The van der Waals surface area contributed by atoms with Crippen LogP contribution in [0.5, 0.6) is 11.5 Å². The third kappa shape index (κ3) is 6.58. The van der Waals surface area contributed by atoms with Crippen molar-refractivity contribution in [2.24, 2.45) is 0 Å². The van der Waals surface area contributed by atoms with Crippen molar-refractivity contribution in [2.45, 2.75) is 18.6 Å². The van der Waals surface area contributed by atoms with Crippen LogP contribution >= 0.6 is 0 Å². The number of hydrogen-bond acceptors (Lipinski definition) is 7. The number of esters is 2. The van der Waals surface area contributed by atoms with Crippen molar-refractivity contribution < 1.29 is 33.3 Å². The molecule has 0 spiro atoms. The Morgan fingerprint density at radius 1 is 0.617 bits per heavy atom. The molecule has 1 unspecified atom stereocenters. The van der Waals surface area contributed by atoms with Crippen molar-refractivity contribution in [3.63, 3.8) is 0 Å². The van der Waals surface area contributed by atoms with E-state index in [9.17, 15) is 14.4 Å². The predicted octanol–water partition coefficient (Wildman–Crippen LogP) is 6.24. The number of rotatable bonds is 12. The molecule has 0 saturated carbocycles. The minimum Gasteiger partial charge on any atom is -0.497 e. The van der Waals surface area contributed by atoms with E-state index in [1.54, 1.807) is 31.4 Å². The smallest absolute Gasteiger partial charge is 0.344 e. The number of carbonyl (C=O) groups excluding carboxylic acids is 3. The molecule has 1 aliphatic heterocycles. The van der Waals surface area contributed by atoms with Gasteiger partial charge in [0.05, 0.1) is 7.11 Å². The average Bonchev–Trinajstić information content (AvgIpc) is 3.37. The molecule has 8 heteroatoms. The van der Waals surface area contributed by atoms with Gasteiger partial charge in [-0.2, -0.15) is 0 Å². The Labute approximate surface area is 273 Å². The average molecular weight is 628 g/mol. The largest absolute Gasteiger partial charge is 0.497 e. The summed E-state index contributed by atoms with van der Waals surface area (Å²) in [4.78, 5) is 41.7. The van der Waals surface area contributed by atoms with E-state index in [2.05, 4.69) is 0 Å². The Morgan fingerprint density at radius 2 is 1.13 bits per heavy atom. The summed E-state index contributed by atoms with van der Waals surface area (Å²) in [6.45, 7) is -0.262. The molecule has 0 bridgehead atoms. The monoisotopic (exact) mass is 627 g/mol. The van der Waals surface area contributed by atoms with Gasteiger partial charge in [0.15, 0.2) is 6.61 Å². The topological polar surface area (TPSA) is 91.4 Å². The van der Waals surface area contributed by atoms with E-state index < -0.39 is 17.4 Å². The summed E-state index contributed by atoms with van der Waals surface area (Å²) < 4.78 is 22.0. The van der Waals surface area contributed by atoms with Gasteiger partial charge >= 0.3 is 11.9 Å². The van der Waals surface area contributed by atoms with Crippen LogP contribution in [0.1, 0.15) is 27.8 Å². The third-order valence-electron chi connectivity index (χ3n) is 8.10. The lowest BCUT2D eigenvalue weighted by molar-refractivity contribution is -0.147. The molecule has 0 N–H and O–H groups in total. The third-order valence-corrected chi connectivity index (χ3v) is 8.10. The lowest BCUT2D eigenvalue weighted by Crippen LogP contribution is -2.44. The molecule has 1 amide bonds. The zero-order chi connectivity index (χ0) is 32.6. The summed E-state index contributed by atoms with van der Waals surface area (Å²) in [5.74, 6) is -0.228. The first-order valence-corrected chi connectivity index (χ1v) is 15.2. The first-order chi connectivity index (χ1) is 23.0. The van der Waals surface area contributed by atoms with Gasteiger partial charge in [-0.1, -0.05) is 103 Å². The molecule has 236 valence electrons. The van der Waals surface area contributed by atoms with Crippen LogP contribution in [0.3, 0.4) is 0 Å². The van der Waals surface area contributed by atoms with Crippen molar-refractivity contribution in [3.05, 3.63) is 161 Å². The van der Waals surface area contributed by atoms with Gasteiger partial charge in [0.25, 0.3) is 0 Å². The second-order valence-electron chi connectivity index (χ2n) is 11.0. The standard InChI is InChI=1S/C39H33NO7/c1-44-32-20-16-30(17-21-32)39(31-18-22-33(23-19-31)45-27-37(42)47-26-29-12-6-3-7-13-29)34-14-8-9-15-35(34)40(38(39)43)24-36(41)46-25-28-10-4-2-5-11-28/h2-23H,24-27H2,1H3. The van der Waals surface area contributed by atoms with Crippen LogP contribution in [0, 0.1) is 0 Å². The molecule has 1 aliphatic rings. The summed E-state index contributed by atoms with van der Waals surface area (Å²) in [6, 6.07) is 40.6. The molecule has 6 rings (SSSR count). The van der Waals surface area contributed by atoms with Gasteiger partial charge in [-0.25, -0.2) is 4.79 Å². The molecule has 47 heavy (non-hydrogen) atoms. The summed E-state index contributed by atoms with van der Waals surface area (Å²) in [6.07, 6.45) is 0. The Balaban J connectivity index is 1.27. The molecular weight excluding hydrogens is 594 g/mol. The highest BCUT2D eigenvalue weighted by Gasteiger charge is 2.53. The molecular formula is C39H33NO7. The van der Waals surface area contributed by atoms with E-state index in [1.165, 1.54) is 4.90 Å². The van der Waals surface area contributed by atoms with Crippen LogP contribution in [-0.2, 0) is 42.5 Å². The first-order valence-electron chi connectivity index (χ1n) is 15.2. The molecule has 0 radical (unpaired) electrons. The highest BCUT2D eigenvalue weighted by atomic mass is 16.6. The number of para-hydroxylation sites is 1. The number of ether oxygens (including phenoxy) is 4. The minimum atomic E-state index is -1.28. The Kier molecular flexibility index (Phi) is 9.29. The highest BCUT2D eigenvalue weighted by molar-refractivity contribution is 6.14. The normalized spacial score (nSPS) is 15.1. The van der Waals surface area contributed by atoms with Crippen LogP contribution in [0.15, 0.2) is 133 Å². The maximum Gasteiger partial charge on any atom is 0.344 e. The van der Waals surface area contributed by atoms with Crippen molar-refractivity contribution in [1.82, 2.24) is 0 Å². The van der Waals surface area contributed by atoms with Crippen LogP contribution in [0.2, 0.25) is 0 Å². The molecule has 5 aromatic carbocycles. The fourth-order valence-electron chi connectivity index (χ4n) is 5.81. The molecule has 1 heterocycles. The predicted molar refractivity (Wildman–Crippen MR) is 176 cm³/mol. The van der Waals surface area contributed by atoms with E-state index in [0.717, 1.165) is 16.7 Å². The lowest BCUT2D eigenvalue weighted by atomic mass is 9.70. The van der Waals surface area contributed by atoms with E-state index in [4.69, 9.17) is 18.9 Å². The van der Waals surface area contributed by atoms with E-state index in [1.807, 2.05) is 109 Å². The van der Waals surface area contributed by atoms with Crippen LogP contribution in [-0.4, -0.2) is 38.1 Å². The van der Waals surface area contributed by atoms with E-state index in [-0.39, 0.29) is 32.3 Å². The number of methoxy groups -OCH3 is 1. The minimum absolute atomic E-state index is 0.105. The van der Waals surface area contributed by atoms with Gasteiger partial charge in [0.1, 0.15) is 36.7 Å². The number of hydrogen-bond donors (Lipinski definition) is 0. The zero-order valence-electron chi connectivity index (χ0n) is 25.8. The second kappa shape index (κ2) is 14.0. The molecule has 0 fully saturated rings. The number of fused-ring (bicyclic) bond motifs is 1. The van der Waals surface area contributed by atoms with Gasteiger partial charge in [0.2, 0.25) is 5.91 Å². The Hall–Kier alpha value is -5.89. The summed E-state index contributed by atoms with van der Waals surface area (Å²) >= 11 is 0. The molecule has 0 aromatic heterocycles. The van der Waals surface area contributed by atoms with E-state index in [0.29, 0.717) is 28.3 Å². The van der Waals surface area contributed by atoms with Gasteiger partial charge in [-0.05, 0) is 52.6 Å². The second-order valence-corrected chi connectivity index (χ2v) is 11.0. The van der Waals surface area contributed by atoms with Crippen LogP contribution < -0.4 is 14.4 Å². The maximum absolute atomic E-state index is 14.7. The summed E-state index contributed by atoms with van der Waals surface area (Å²) in [7, 11) is 1.58. The molecule has 8 nitrogen and oxygen atoms in total. The maximum atomic E-state index is 14.7. The SMILES string of the molecule is COc1ccc(C2(c3ccc(OCC(=O)OCc4ccccc4)cc3)C(=O)N(CC(=O)OCc3ccccc3)c3ccccc32)cc1. The number of nitrogens with zero attached hydrogens (tertiary/aromatic N) is 1. The summed E-state index contributed by atoms with van der Waals surface area (Å²) in [5.41, 5.74) is 3.17. The van der Waals surface area contributed by atoms with Gasteiger partial charge < -0.3 is 18.9 Å². The Bertz CT molecular complexity index is 1840. The van der Waals surface area contributed by atoms with Crippen LogP contribution in [0.25, 0.3) is 0 Å². The first kappa shape index (κ1) is 31.1. The van der Waals surface area contributed by atoms with Gasteiger partial charge in [-0.15, -0.1) is 0 Å². The number of carbonyl (C=O) groups is 3. The van der Waals surface area contributed by atoms with Gasteiger partial charge in [-0.3, -0.25) is 14.5 Å². The van der Waals surface area contributed by atoms with E-state index >= 15 is 0 Å². The van der Waals surface area contributed by atoms with Gasteiger partial charge in [0, 0.05) is 11.3 Å². The fraction of sp³-hybridized carbons (Fsp3) is 0.154. The Morgan fingerprint density at radius 3 is 1.70 bits per heavy atom. The molecule has 0 saturated heterocycles. The molecule has 1 atom stereocenters. The van der Waals surface area contributed by atoms with Crippen molar-refractivity contribution >= 4 is 23.5 Å². The van der Waals surface area contributed by atoms with Crippen molar-refractivity contribution in [1.29, 1.82) is 0 Å². The number of amides is 1. The number of benzene rings is 5. The van der Waals surface area contributed by atoms with Crippen molar-refractivity contribution in [2.75, 3.05) is 25.2 Å². The van der Waals surface area contributed by atoms with Crippen LogP contribution in [0.4, 0.5) is 5.69 Å². The van der Waals surface area contributed by atoms with Crippen molar-refractivity contribution in [3.8, 4) is 11.5 Å². The zero-order valence-corrected chi connectivity index (χ0v) is 25.8. The molecule has 5 aromatic rings. The number of anilines is 1. The summed E-state index contributed by atoms with van der Waals surface area (Å²) in [5, 5.41) is 0. The fourth-order valence-corrected chi connectivity index (χ4v) is 5.81. The molecule has 0 aliphatic carbocycles.